The van der Waals surface area contributed by atoms with Crippen molar-refractivity contribution in [2.75, 3.05) is 5.32 Å². The van der Waals surface area contributed by atoms with Gasteiger partial charge in [0, 0.05) is 11.9 Å². The Morgan fingerprint density at radius 2 is 2.18 bits per heavy atom. The fraction of sp³-hybridized carbons (Fsp3) is 0.0769. The Hall–Kier alpha value is -2.54. The molecule has 2 aromatic rings. The molecular weight excluding hydrogens is 214 g/mol. The van der Waals surface area contributed by atoms with Crippen molar-refractivity contribution < 1.29 is 5.11 Å². The quantitative estimate of drug-likeness (QED) is 0.771. The summed E-state index contributed by atoms with van der Waals surface area (Å²) in [5.74, 6) is 0.735. The van der Waals surface area contributed by atoms with Crippen molar-refractivity contribution >= 4 is 11.5 Å². The van der Waals surface area contributed by atoms with Crippen molar-refractivity contribution in [2.24, 2.45) is 0 Å². The zero-order chi connectivity index (χ0) is 12.3. The molecule has 0 atom stereocenters. The SMILES string of the molecule is Cc1cc(O)ccc1Nc1ncccc1C#N. The molecule has 0 radical (unpaired) electrons. The number of benzene rings is 1. The number of nitriles is 1. The third kappa shape index (κ3) is 2.34. The molecule has 1 heterocycles. The Balaban J connectivity index is 2.35. The van der Waals surface area contributed by atoms with Gasteiger partial charge in [0.2, 0.25) is 0 Å². The molecule has 17 heavy (non-hydrogen) atoms. The zero-order valence-corrected chi connectivity index (χ0v) is 9.31. The van der Waals surface area contributed by atoms with E-state index in [9.17, 15) is 5.11 Å². The van der Waals surface area contributed by atoms with Gasteiger partial charge in [0.25, 0.3) is 0 Å². The van der Waals surface area contributed by atoms with E-state index in [1.54, 1.807) is 36.5 Å². The highest BCUT2D eigenvalue weighted by molar-refractivity contribution is 5.65. The topological polar surface area (TPSA) is 68.9 Å². The van der Waals surface area contributed by atoms with Gasteiger partial charge in [0.05, 0.1) is 5.56 Å². The van der Waals surface area contributed by atoms with E-state index in [4.69, 9.17) is 5.26 Å². The molecule has 4 heteroatoms. The summed E-state index contributed by atoms with van der Waals surface area (Å²) >= 11 is 0. The lowest BCUT2D eigenvalue weighted by Gasteiger charge is -2.09. The second-order valence-corrected chi connectivity index (χ2v) is 3.64. The van der Waals surface area contributed by atoms with Gasteiger partial charge in [-0.1, -0.05) is 0 Å². The molecule has 4 nitrogen and oxygen atoms in total. The third-order valence-electron chi connectivity index (χ3n) is 2.39. The van der Waals surface area contributed by atoms with E-state index in [1.165, 1.54) is 0 Å². The van der Waals surface area contributed by atoms with Gasteiger partial charge < -0.3 is 10.4 Å². The lowest BCUT2D eigenvalue weighted by atomic mass is 10.2. The Bertz CT molecular complexity index is 587. The predicted molar refractivity (Wildman–Crippen MR) is 65.1 cm³/mol. The fourth-order valence-electron chi connectivity index (χ4n) is 1.51. The van der Waals surface area contributed by atoms with Crippen LogP contribution in [0.2, 0.25) is 0 Å². The summed E-state index contributed by atoms with van der Waals surface area (Å²) in [6, 6.07) is 10.5. The number of rotatable bonds is 2. The van der Waals surface area contributed by atoms with Gasteiger partial charge in [-0.3, -0.25) is 0 Å². The summed E-state index contributed by atoms with van der Waals surface area (Å²) in [5.41, 5.74) is 2.19. The Labute approximate surface area is 99.2 Å². The van der Waals surface area contributed by atoms with Crippen LogP contribution in [0.3, 0.4) is 0 Å². The number of phenolic OH excluding ortho intramolecular Hbond substituents is 1. The first-order chi connectivity index (χ1) is 8.20. The van der Waals surface area contributed by atoms with E-state index in [1.807, 2.05) is 6.92 Å². The molecule has 0 spiro atoms. The van der Waals surface area contributed by atoms with Crippen molar-refractivity contribution in [2.45, 2.75) is 6.92 Å². The number of nitrogens with one attached hydrogen (secondary N) is 1. The van der Waals surface area contributed by atoms with Crippen LogP contribution in [0.15, 0.2) is 36.5 Å². The summed E-state index contributed by atoms with van der Waals surface area (Å²) in [6.07, 6.45) is 1.62. The van der Waals surface area contributed by atoms with Gasteiger partial charge in [0.15, 0.2) is 0 Å². The minimum absolute atomic E-state index is 0.217. The van der Waals surface area contributed by atoms with Crippen LogP contribution in [0.5, 0.6) is 5.75 Å². The van der Waals surface area contributed by atoms with Crippen molar-refractivity contribution in [3.8, 4) is 11.8 Å². The van der Waals surface area contributed by atoms with Gasteiger partial charge in [0.1, 0.15) is 17.6 Å². The Morgan fingerprint density at radius 3 is 2.88 bits per heavy atom. The molecule has 1 aromatic carbocycles. The first kappa shape index (κ1) is 11.0. The molecule has 0 aliphatic heterocycles. The number of pyridine rings is 1. The molecular formula is C13H11N3O. The summed E-state index contributed by atoms with van der Waals surface area (Å²) in [4.78, 5) is 4.11. The number of phenols is 1. The Kier molecular flexibility index (Phi) is 2.93. The summed E-state index contributed by atoms with van der Waals surface area (Å²) in [7, 11) is 0. The molecule has 2 N–H and O–H groups in total. The maximum Gasteiger partial charge on any atom is 0.148 e. The molecule has 2 rings (SSSR count). The molecule has 0 bridgehead atoms. The lowest BCUT2D eigenvalue weighted by Crippen LogP contribution is -1.97. The van der Waals surface area contributed by atoms with Crippen LogP contribution in [0.4, 0.5) is 11.5 Å². The van der Waals surface area contributed by atoms with Crippen LogP contribution in [0.1, 0.15) is 11.1 Å². The summed E-state index contributed by atoms with van der Waals surface area (Å²) in [5, 5.41) is 21.3. The highest BCUT2D eigenvalue weighted by Crippen LogP contribution is 2.24. The van der Waals surface area contributed by atoms with E-state index in [-0.39, 0.29) is 5.75 Å². The average molecular weight is 225 g/mol. The van der Waals surface area contributed by atoms with Crippen molar-refractivity contribution in [3.63, 3.8) is 0 Å². The third-order valence-corrected chi connectivity index (χ3v) is 2.39. The van der Waals surface area contributed by atoms with E-state index in [0.29, 0.717) is 11.4 Å². The molecule has 0 amide bonds. The number of nitrogens with zero attached hydrogens (tertiary/aromatic N) is 2. The molecule has 0 aliphatic rings. The number of aromatic hydroxyl groups is 1. The monoisotopic (exact) mass is 225 g/mol. The number of aryl methyl sites for hydroxylation is 1. The normalized spacial score (nSPS) is 9.65. The molecule has 0 fully saturated rings. The van der Waals surface area contributed by atoms with E-state index < -0.39 is 0 Å². The maximum atomic E-state index is 9.31. The molecule has 84 valence electrons. The highest BCUT2D eigenvalue weighted by atomic mass is 16.3. The average Bonchev–Trinajstić information content (AvgIpc) is 2.33. The minimum atomic E-state index is 0.217. The van der Waals surface area contributed by atoms with Gasteiger partial charge >= 0.3 is 0 Å². The van der Waals surface area contributed by atoms with Gasteiger partial charge in [-0.15, -0.1) is 0 Å². The molecule has 0 saturated heterocycles. The van der Waals surface area contributed by atoms with Gasteiger partial charge in [-0.2, -0.15) is 5.26 Å². The predicted octanol–water partition coefficient (Wildman–Crippen LogP) is 2.71. The number of hydrogen-bond acceptors (Lipinski definition) is 4. The van der Waals surface area contributed by atoms with E-state index in [2.05, 4.69) is 16.4 Å². The van der Waals surface area contributed by atoms with Crippen LogP contribution in [0.25, 0.3) is 0 Å². The first-order valence-corrected chi connectivity index (χ1v) is 5.12. The number of hydrogen-bond donors (Lipinski definition) is 2. The van der Waals surface area contributed by atoms with Crippen LogP contribution in [-0.2, 0) is 0 Å². The largest absolute Gasteiger partial charge is 0.508 e. The molecule has 0 saturated carbocycles. The fourth-order valence-corrected chi connectivity index (χ4v) is 1.51. The Morgan fingerprint density at radius 1 is 1.35 bits per heavy atom. The molecule has 1 aromatic heterocycles. The van der Waals surface area contributed by atoms with Crippen molar-refractivity contribution in [1.29, 1.82) is 5.26 Å². The van der Waals surface area contributed by atoms with Crippen LogP contribution in [0, 0.1) is 18.3 Å². The van der Waals surface area contributed by atoms with E-state index >= 15 is 0 Å². The molecule has 0 unspecified atom stereocenters. The number of anilines is 2. The van der Waals surface area contributed by atoms with Gasteiger partial charge in [-0.25, -0.2) is 4.98 Å². The summed E-state index contributed by atoms with van der Waals surface area (Å²) < 4.78 is 0. The summed E-state index contributed by atoms with van der Waals surface area (Å²) in [6.45, 7) is 1.87. The number of aromatic nitrogens is 1. The highest BCUT2D eigenvalue weighted by Gasteiger charge is 2.05. The lowest BCUT2D eigenvalue weighted by molar-refractivity contribution is 0.475. The van der Waals surface area contributed by atoms with Crippen LogP contribution in [-0.4, -0.2) is 10.1 Å². The second-order valence-electron chi connectivity index (χ2n) is 3.64. The van der Waals surface area contributed by atoms with Gasteiger partial charge in [-0.05, 0) is 42.8 Å². The van der Waals surface area contributed by atoms with Crippen LogP contribution >= 0.6 is 0 Å². The minimum Gasteiger partial charge on any atom is -0.508 e. The molecule has 0 aliphatic carbocycles. The standard InChI is InChI=1S/C13H11N3O/c1-9-7-11(17)4-5-12(9)16-13-10(8-14)3-2-6-15-13/h2-7,17H,1H3,(H,15,16). The van der Waals surface area contributed by atoms with Crippen molar-refractivity contribution in [1.82, 2.24) is 4.98 Å². The van der Waals surface area contributed by atoms with Crippen LogP contribution < -0.4 is 5.32 Å². The first-order valence-electron chi connectivity index (χ1n) is 5.12. The van der Waals surface area contributed by atoms with E-state index in [0.717, 1.165) is 11.3 Å². The van der Waals surface area contributed by atoms with Crippen molar-refractivity contribution in [3.05, 3.63) is 47.7 Å². The maximum absolute atomic E-state index is 9.31. The smallest absolute Gasteiger partial charge is 0.148 e. The second kappa shape index (κ2) is 4.54. The zero-order valence-electron chi connectivity index (χ0n) is 9.31.